The van der Waals surface area contributed by atoms with Gasteiger partial charge in [0.1, 0.15) is 4.32 Å². The maximum Gasteiger partial charge on any atom is 0.267 e. The second-order valence-electron chi connectivity index (χ2n) is 7.00. The second kappa shape index (κ2) is 7.94. The van der Waals surface area contributed by atoms with Crippen molar-refractivity contribution < 1.29 is 9.59 Å². The number of anilines is 1. The van der Waals surface area contributed by atoms with Gasteiger partial charge in [-0.2, -0.15) is 0 Å². The van der Waals surface area contributed by atoms with Crippen LogP contribution in [0.2, 0.25) is 5.02 Å². The van der Waals surface area contributed by atoms with Crippen LogP contribution in [0.15, 0.2) is 53.4 Å². The summed E-state index contributed by atoms with van der Waals surface area (Å²) in [5.41, 5.74) is 2.82. The summed E-state index contributed by atoms with van der Waals surface area (Å²) in [4.78, 5) is 30.3. The molecule has 0 aromatic heterocycles. The van der Waals surface area contributed by atoms with Gasteiger partial charge in [0.05, 0.1) is 22.7 Å². The highest BCUT2D eigenvalue weighted by Crippen LogP contribution is 2.45. The predicted octanol–water partition coefficient (Wildman–Crippen LogP) is 5.26. The number of carbonyl (C=O) groups excluding carboxylic acids is 2. The fourth-order valence-electron chi connectivity index (χ4n) is 3.55. The van der Waals surface area contributed by atoms with E-state index >= 15 is 0 Å². The van der Waals surface area contributed by atoms with E-state index in [1.54, 1.807) is 9.80 Å². The molecule has 148 valence electrons. The van der Waals surface area contributed by atoms with Crippen molar-refractivity contribution in [3.05, 3.63) is 69.6 Å². The van der Waals surface area contributed by atoms with Crippen molar-refractivity contribution >= 4 is 63.0 Å². The Morgan fingerprint density at radius 1 is 1.07 bits per heavy atom. The van der Waals surface area contributed by atoms with E-state index in [4.69, 9.17) is 23.8 Å². The molecule has 0 aliphatic carbocycles. The lowest BCUT2D eigenvalue weighted by atomic mass is 10.1. The minimum Gasteiger partial charge on any atom is -0.303 e. The number of rotatable bonds is 4. The fraction of sp³-hybridized carbons (Fsp3) is 0.227. The summed E-state index contributed by atoms with van der Waals surface area (Å²) in [7, 11) is 0. The van der Waals surface area contributed by atoms with Crippen LogP contribution in [0.4, 0.5) is 5.69 Å². The average Bonchev–Trinajstić information content (AvgIpc) is 3.16. The molecule has 0 radical (unpaired) electrons. The zero-order valence-electron chi connectivity index (χ0n) is 16.0. The number of hydrogen-bond acceptors (Lipinski definition) is 4. The molecule has 2 aromatic rings. The Bertz CT molecular complexity index is 1070. The van der Waals surface area contributed by atoms with Crippen molar-refractivity contribution in [2.24, 2.45) is 0 Å². The van der Waals surface area contributed by atoms with Crippen LogP contribution in [0.25, 0.3) is 5.57 Å². The first kappa shape index (κ1) is 20.1. The summed E-state index contributed by atoms with van der Waals surface area (Å²) in [5, 5.41) is 0.606. The number of halogens is 1. The van der Waals surface area contributed by atoms with Gasteiger partial charge in [0.2, 0.25) is 0 Å². The molecule has 4 rings (SSSR count). The van der Waals surface area contributed by atoms with E-state index in [1.807, 2.05) is 62.4 Å². The maximum atomic E-state index is 13.5. The molecule has 29 heavy (non-hydrogen) atoms. The lowest BCUT2D eigenvalue weighted by Crippen LogP contribution is -2.36. The van der Waals surface area contributed by atoms with E-state index in [1.165, 1.54) is 11.8 Å². The lowest BCUT2D eigenvalue weighted by Gasteiger charge is -2.21. The Labute approximate surface area is 184 Å². The molecule has 0 spiro atoms. The molecule has 1 atom stereocenters. The van der Waals surface area contributed by atoms with E-state index in [2.05, 4.69) is 0 Å². The normalized spacial score (nSPS) is 19.9. The summed E-state index contributed by atoms with van der Waals surface area (Å²) in [6, 6.07) is 15.0. The van der Waals surface area contributed by atoms with Crippen LogP contribution in [0.5, 0.6) is 0 Å². The number of nitrogens with zero attached hydrogens (tertiary/aromatic N) is 2. The van der Waals surface area contributed by atoms with E-state index in [0.717, 1.165) is 23.2 Å². The molecular formula is C22H19ClN2O2S2. The molecule has 1 unspecified atom stereocenters. The number of carbonyl (C=O) groups is 2. The van der Waals surface area contributed by atoms with E-state index in [0.29, 0.717) is 26.4 Å². The van der Waals surface area contributed by atoms with Crippen molar-refractivity contribution in [1.29, 1.82) is 0 Å². The second-order valence-corrected chi connectivity index (χ2v) is 9.06. The first-order valence-corrected chi connectivity index (χ1v) is 11.0. The van der Waals surface area contributed by atoms with Crippen molar-refractivity contribution in [3.63, 3.8) is 0 Å². The largest absolute Gasteiger partial charge is 0.303 e. The van der Waals surface area contributed by atoms with E-state index in [-0.39, 0.29) is 17.9 Å². The number of fused-ring (bicyclic) bond motifs is 1. The minimum absolute atomic E-state index is 0.00780. The molecule has 1 saturated heterocycles. The third-order valence-corrected chi connectivity index (χ3v) is 7.04. The highest BCUT2D eigenvalue weighted by molar-refractivity contribution is 8.26. The van der Waals surface area contributed by atoms with Crippen LogP contribution in [0.1, 0.15) is 31.4 Å². The molecule has 2 aliphatic heterocycles. The predicted molar refractivity (Wildman–Crippen MR) is 123 cm³/mol. The van der Waals surface area contributed by atoms with Crippen LogP contribution in [-0.4, -0.2) is 27.1 Å². The fourth-order valence-corrected chi connectivity index (χ4v) is 5.28. The van der Waals surface area contributed by atoms with Gasteiger partial charge in [-0.05, 0) is 31.0 Å². The monoisotopic (exact) mass is 442 g/mol. The van der Waals surface area contributed by atoms with Crippen LogP contribution >= 0.6 is 35.6 Å². The van der Waals surface area contributed by atoms with E-state index < -0.39 is 0 Å². The standard InChI is InChI=1S/C22H19ClN2O2S2/c1-3-13(2)25-21(27)19(29-22(25)28)18-15-9-5-7-11-17(15)24(20(18)26)12-14-8-4-6-10-16(14)23/h4-11,13H,3,12H2,1-2H3/b19-18-. The molecule has 2 heterocycles. The zero-order chi connectivity index (χ0) is 20.7. The third kappa shape index (κ3) is 3.39. The van der Waals surface area contributed by atoms with Crippen LogP contribution in [0.3, 0.4) is 0 Å². The van der Waals surface area contributed by atoms with Crippen LogP contribution in [-0.2, 0) is 16.1 Å². The first-order chi connectivity index (χ1) is 13.9. The Balaban J connectivity index is 1.79. The van der Waals surface area contributed by atoms with Crippen LogP contribution in [0, 0.1) is 0 Å². The van der Waals surface area contributed by atoms with E-state index in [9.17, 15) is 9.59 Å². The van der Waals surface area contributed by atoms with Gasteiger partial charge < -0.3 is 4.90 Å². The number of thioether (sulfide) groups is 1. The van der Waals surface area contributed by atoms with Gasteiger partial charge in [-0.3, -0.25) is 14.5 Å². The van der Waals surface area contributed by atoms with Gasteiger partial charge in [0, 0.05) is 16.6 Å². The Morgan fingerprint density at radius 2 is 1.76 bits per heavy atom. The molecule has 1 fully saturated rings. The Kier molecular flexibility index (Phi) is 5.51. The topological polar surface area (TPSA) is 40.6 Å². The summed E-state index contributed by atoms with van der Waals surface area (Å²) in [6.45, 7) is 4.31. The Hall–Kier alpha value is -2.15. The quantitative estimate of drug-likeness (QED) is 0.478. The molecule has 0 N–H and O–H groups in total. The van der Waals surface area contributed by atoms with Gasteiger partial charge in [-0.1, -0.05) is 78.9 Å². The van der Waals surface area contributed by atoms with Crippen molar-refractivity contribution in [2.45, 2.75) is 32.9 Å². The summed E-state index contributed by atoms with van der Waals surface area (Å²) < 4.78 is 0.502. The highest BCUT2D eigenvalue weighted by atomic mass is 35.5. The smallest absolute Gasteiger partial charge is 0.267 e. The van der Waals surface area contributed by atoms with Gasteiger partial charge in [-0.25, -0.2) is 0 Å². The Morgan fingerprint density at radius 3 is 2.48 bits per heavy atom. The SMILES string of the molecule is CCC(C)N1C(=O)/C(=C2/C(=O)N(Cc3ccccc3Cl)c3ccccc32)SC1=S. The summed E-state index contributed by atoms with van der Waals surface area (Å²) >= 11 is 13.0. The van der Waals surface area contributed by atoms with Crippen LogP contribution < -0.4 is 4.90 Å². The number of benzene rings is 2. The summed E-state index contributed by atoms with van der Waals surface area (Å²) in [5.74, 6) is -0.386. The zero-order valence-corrected chi connectivity index (χ0v) is 18.4. The first-order valence-electron chi connectivity index (χ1n) is 9.38. The minimum atomic E-state index is -0.198. The van der Waals surface area contributed by atoms with Crippen molar-refractivity contribution in [2.75, 3.05) is 4.90 Å². The van der Waals surface area contributed by atoms with Gasteiger partial charge in [-0.15, -0.1) is 0 Å². The molecule has 4 nitrogen and oxygen atoms in total. The van der Waals surface area contributed by atoms with Gasteiger partial charge in [0.15, 0.2) is 0 Å². The molecule has 2 amide bonds. The van der Waals surface area contributed by atoms with Crippen molar-refractivity contribution in [1.82, 2.24) is 4.90 Å². The lowest BCUT2D eigenvalue weighted by molar-refractivity contribution is -0.123. The molecule has 0 saturated carbocycles. The molecule has 2 aromatic carbocycles. The summed E-state index contributed by atoms with van der Waals surface area (Å²) in [6.07, 6.45) is 0.790. The van der Waals surface area contributed by atoms with Crippen molar-refractivity contribution in [3.8, 4) is 0 Å². The highest BCUT2D eigenvalue weighted by Gasteiger charge is 2.43. The molecule has 7 heteroatoms. The number of hydrogen-bond donors (Lipinski definition) is 0. The average molecular weight is 443 g/mol. The molecule has 0 bridgehead atoms. The molecular weight excluding hydrogens is 424 g/mol. The maximum absolute atomic E-state index is 13.5. The number of thiocarbonyl (C=S) groups is 1. The third-order valence-electron chi connectivity index (χ3n) is 5.27. The number of para-hydroxylation sites is 1. The number of amides is 2. The van der Waals surface area contributed by atoms with Gasteiger partial charge >= 0.3 is 0 Å². The molecule has 2 aliphatic rings. The van der Waals surface area contributed by atoms with Gasteiger partial charge in [0.25, 0.3) is 11.8 Å².